The molecule has 0 radical (unpaired) electrons. The molecule has 1 amide bonds. The van der Waals surface area contributed by atoms with Gasteiger partial charge in [0.05, 0.1) is 5.75 Å². The molecule has 0 saturated carbocycles. The van der Waals surface area contributed by atoms with Gasteiger partial charge in [0.15, 0.2) is 5.82 Å². The van der Waals surface area contributed by atoms with Crippen molar-refractivity contribution in [1.29, 1.82) is 0 Å². The van der Waals surface area contributed by atoms with Crippen molar-refractivity contribution in [3.63, 3.8) is 0 Å². The number of hydrogen-bond acceptors (Lipinski definition) is 5. The van der Waals surface area contributed by atoms with E-state index in [4.69, 9.17) is 5.84 Å². The fourth-order valence-corrected chi connectivity index (χ4v) is 3.73. The van der Waals surface area contributed by atoms with E-state index in [-0.39, 0.29) is 11.3 Å². The highest BCUT2D eigenvalue weighted by atomic mass is 32.2. The van der Waals surface area contributed by atoms with Crippen LogP contribution in [0.25, 0.3) is 0 Å². The van der Waals surface area contributed by atoms with Crippen molar-refractivity contribution in [2.24, 2.45) is 11.8 Å². The summed E-state index contributed by atoms with van der Waals surface area (Å²) in [6.45, 7) is 12.2. The van der Waals surface area contributed by atoms with Crippen molar-refractivity contribution in [3.05, 3.63) is 5.82 Å². The first-order valence-electron chi connectivity index (χ1n) is 7.80. The summed E-state index contributed by atoms with van der Waals surface area (Å²) in [5.41, 5.74) is -0.164. The summed E-state index contributed by atoms with van der Waals surface area (Å²) in [4.78, 5) is 14.4. The van der Waals surface area contributed by atoms with E-state index in [1.807, 2.05) is 25.7 Å². The molecule has 6 nitrogen and oxygen atoms in total. The number of carbonyl (C=O) groups excluding carboxylic acids is 1. The molecule has 1 aliphatic rings. The Morgan fingerprint density at radius 3 is 2.36 bits per heavy atom. The summed E-state index contributed by atoms with van der Waals surface area (Å²) in [6.07, 6.45) is 1.20. The molecule has 1 aliphatic heterocycles. The number of piperidine rings is 1. The average Bonchev–Trinajstić information content (AvgIpc) is 2.76. The Balaban J connectivity index is 1.96. The molecular weight excluding hydrogens is 298 g/mol. The predicted molar refractivity (Wildman–Crippen MR) is 89.1 cm³/mol. The lowest BCUT2D eigenvalue weighted by molar-refractivity contribution is -0.130. The van der Waals surface area contributed by atoms with Crippen LogP contribution in [0.5, 0.6) is 0 Å². The summed E-state index contributed by atoms with van der Waals surface area (Å²) < 4.78 is 1.50. The van der Waals surface area contributed by atoms with Gasteiger partial charge >= 0.3 is 0 Å². The van der Waals surface area contributed by atoms with Crippen molar-refractivity contribution in [1.82, 2.24) is 19.8 Å². The van der Waals surface area contributed by atoms with E-state index >= 15 is 0 Å². The number of rotatable bonds is 3. The lowest BCUT2D eigenvalue weighted by Crippen LogP contribution is -2.43. The van der Waals surface area contributed by atoms with Gasteiger partial charge in [0.25, 0.3) is 0 Å². The van der Waals surface area contributed by atoms with Gasteiger partial charge in [-0.3, -0.25) is 4.79 Å². The monoisotopic (exact) mass is 325 g/mol. The fraction of sp³-hybridized carbons (Fsp3) is 0.800. The molecule has 1 fully saturated rings. The lowest BCUT2D eigenvalue weighted by Gasteiger charge is -2.34. The Labute approximate surface area is 136 Å². The zero-order valence-electron chi connectivity index (χ0n) is 14.2. The first-order chi connectivity index (χ1) is 10.2. The van der Waals surface area contributed by atoms with Crippen LogP contribution in [0.3, 0.4) is 0 Å². The van der Waals surface area contributed by atoms with Crippen LogP contribution in [-0.2, 0) is 10.2 Å². The van der Waals surface area contributed by atoms with E-state index in [0.717, 1.165) is 18.9 Å². The zero-order valence-corrected chi connectivity index (χ0v) is 15.0. The number of likely N-dealkylation sites (tertiary alicyclic amines) is 1. The molecule has 1 aromatic heterocycles. The second-order valence-electron chi connectivity index (χ2n) is 7.46. The quantitative estimate of drug-likeness (QED) is 0.678. The summed E-state index contributed by atoms with van der Waals surface area (Å²) in [5.74, 6) is 8.43. The van der Waals surface area contributed by atoms with Crippen molar-refractivity contribution < 1.29 is 4.79 Å². The summed E-state index contributed by atoms with van der Waals surface area (Å²) in [7, 11) is 0. The number of nitrogens with zero attached hydrogens (tertiary/aromatic N) is 4. The number of amides is 1. The van der Waals surface area contributed by atoms with E-state index in [0.29, 0.717) is 22.7 Å². The van der Waals surface area contributed by atoms with Gasteiger partial charge in [-0.1, -0.05) is 46.4 Å². The average molecular weight is 325 g/mol. The molecule has 0 aliphatic carbocycles. The minimum atomic E-state index is -0.164. The number of hydrogen-bond donors (Lipinski definition) is 1. The highest BCUT2D eigenvalue weighted by molar-refractivity contribution is 7.99. The van der Waals surface area contributed by atoms with Crippen LogP contribution >= 0.6 is 11.8 Å². The highest BCUT2D eigenvalue weighted by Gasteiger charge is 2.27. The zero-order chi connectivity index (χ0) is 16.5. The predicted octanol–water partition coefficient (Wildman–Crippen LogP) is 1.89. The molecule has 1 saturated heterocycles. The Hall–Kier alpha value is -1.24. The third-order valence-corrected chi connectivity index (χ3v) is 4.81. The standard InChI is InChI=1S/C15H27N5OS/c1-10-6-11(2)8-19(7-10)12(21)9-22-14-18-17-13(20(14)16)15(3,4)5/h10-11H,6-9,16H2,1-5H3. The largest absolute Gasteiger partial charge is 0.341 e. The molecule has 2 rings (SSSR count). The molecule has 22 heavy (non-hydrogen) atoms. The number of thioether (sulfide) groups is 1. The lowest BCUT2D eigenvalue weighted by atomic mass is 9.92. The minimum Gasteiger partial charge on any atom is -0.341 e. The maximum atomic E-state index is 12.4. The van der Waals surface area contributed by atoms with Crippen molar-refractivity contribution in [2.45, 2.75) is 51.6 Å². The Morgan fingerprint density at radius 1 is 1.27 bits per heavy atom. The van der Waals surface area contributed by atoms with Crippen LogP contribution in [-0.4, -0.2) is 44.5 Å². The maximum absolute atomic E-state index is 12.4. The molecule has 2 heterocycles. The highest BCUT2D eigenvalue weighted by Crippen LogP contribution is 2.25. The van der Waals surface area contributed by atoms with Gasteiger partial charge in [-0.25, -0.2) is 4.68 Å². The van der Waals surface area contributed by atoms with Crippen LogP contribution < -0.4 is 5.84 Å². The van der Waals surface area contributed by atoms with Gasteiger partial charge in [-0.05, 0) is 18.3 Å². The van der Waals surface area contributed by atoms with Gasteiger partial charge in [0, 0.05) is 18.5 Å². The van der Waals surface area contributed by atoms with Crippen LogP contribution in [0.15, 0.2) is 5.16 Å². The third-order valence-electron chi connectivity index (χ3n) is 3.88. The van der Waals surface area contributed by atoms with E-state index in [1.54, 1.807) is 0 Å². The molecule has 0 spiro atoms. The molecule has 0 bridgehead atoms. The third kappa shape index (κ3) is 3.94. The van der Waals surface area contributed by atoms with Crippen LogP contribution in [0, 0.1) is 11.8 Å². The van der Waals surface area contributed by atoms with Gasteiger partial charge < -0.3 is 10.7 Å². The van der Waals surface area contributed by atoms with E-state index in [2.05, 4.69) is 24.0 Å². The SMILES string of the molecule is CC1CC(C)CN(C(=O)CSc2nnc(C(C)(C)C)n2N)C1. The van der Waals surface area contributed by atoms with E-state index in [9.17, 15) is 4.79 Å². The van der Waals surface area contributed by atoms with Crippen LogP contribution in [0.1, 0.15) is 46.9 Å². The van der Waals surface area contributed by atoms with Crippen molar-refractivity contribution in [3.8, 4) is 0 Å². The molecule has 0 aromatic carbocycles. The van der Waals surface area contributed by atoms with E-state index < -0.39 is 0 Å². The molecule has 2 unspecified atom stereocenters. The van der Waals surface area contributed by atoms with Gasteiger partial charge in [0.2, 0.25) is 11.1 Å². The minimum absolute atomic E-state index is 0.156. The molecular formula is C15H27N5OS. The Bertz CT molecular complexity index is 527. The number of carbonyl (C=O) groups is 1. The number of nitrogen functional groups attached to an aromatic ring is 1. The van der Waals surface area contributed by atoms with E-state index in [1.165, 1.54) is 22.9 Å². The van der Waals surface area contributed by atoms with Crippen LogP contribution in [0.4, 0.5) is 0 Å². The fourth-order valence-electron chi connectivity index (χ4n) is 2.97. The topological polar surface area (TPSA) is 77.0 Å². The number of nitrogens with two attached hydrogens (primary N) is 1. The maximum Gasteiger partial charge on any atom is 0.233 e. The van der Waals surface area contributed by atoms with Gasteiger partial charge in [-0.2, -0.15) is 0 Å². The normalized spacial score (nSPS) is 22.9. The second kappa shape index (κ2) is 6.48. The summed E-state index contributed by atoms with van der Waals surface area (Å²) >= 11 is 1.36. The first-order valence-corrected chi connectivity index (χ1v) is 8.78. The molecule has 1 aromatic rings. The smallest absolute Gasteiger partial charge is 0.233 e. The van der Waals surface area contributed by atoms with Gasteiger partial charge in [0.1, 0.15) is 0 Å². The molecule has 7 heteroatoms. The molecule has 2 atom stereocenters. The number of aromatic nitrogens is 3. The Morgan fingerprint density at radius 2 is 1.86 bits per heavy atom. The van der Waals surface area contributed by atoms with Crippen molar-refractivity contribution in [2.75, 3.05) is 24.7 Å². The van der Waals surface area contributed by atoms with Crippen LogP contribution in [0.2, 0.25) is 0 Å². The van der Waals surface area contributed by atoms with Crippen molar-refractivity contribution >= 4 is 17.7 Å². The molecule has 124 valence electrons. The first kappa shape index (κ1) is 17.1. The second-order valence-corrected chi connectivity index (χ2v) is 8.40. The Kier molecular flexibility index (Phi) is 5.04. The summed E-state index contributed by atoms with van der Waals surface area (Å²) in [6, 6.07) is 0. The molecule has 2 N–H and O–H groups in total. The summed E-state index contributed by atoms with van der Waals surface area (Å²) in [5, 5.41) is 8.85. The van der Waals surface area contributed by atoms with Gasteiger partial charge in [-0.15, -0.1) is 10.2 Å².